The molecule has 4 rings (SSSR count). The van der Waals surface area contributed by atoms with E-state index < -0.39 is 5.97 Å². The maximum absolute atomic E-state index is 12.2. The van der Waals surface area contributed by atoms with Gasteiger partial charge in [0.25, 0.3) is 5.91 Å². The van der Waals surface area contributed by atoms with Crippen LogP contribution in [0.5, 0.6) is 0 Å². The first-order chi connectivity index (χ1) is 12.7. The van der Waals surface area contributed by atoms with Gasteiger partial charge in [-0.25, -0.2) is 4.79 Å². The average molecular weight is 365 g/mol. The van der Waals surface area contributed by atoms with Gasteiger partial charge in [0.2, 0.25) is 0 Å². The molecule has 1 aliphatic carbocycles. The molecule has 0 spiro atoms. The Hall–Kier alpha value is -2.66. The van der Waals surface area contributed by atoms with Gasteiger partial charge in [-0.1, -0.05) is 42.5 Å². The van der Waals surface area contributed by atoms with Crippen LogP contribution in [0.4, 0.5) is 0 Å². The van der Waals surface area contributed by atoms with Crippen molar-refractivity contribution in [2.75, 3.05) is 6.61 Å². The molecule has 132 valence electrons. The molecular formula is C21H19NO3S. The van der Waals surface area contributed by atoms with E-state index in [1.807, 2.05) is 36.4 Å². The third kappa shape index (κ3) is 3.48. The summed E-state index contributed by atoms with van der Waals surface area (Å²) in [6.07, 6.45) is 3.00. The summed E-state index contributed by atoms with van der Waals surface area (Å²) < 4.78 is 6.24. The molecule has 1 aliphatic rings. The molecular weight excluding hydrogens is 346 g/mol. The Morgan fingerprint density at radius 1 is 1.12 bits per heavy atom. The van der Waals surface area contributed by atoms with Gasteiger partial charge in [-0.3, -0.25) is 4.79 Å². The van der Waals surface area contributed by atoms with Crippen molar-refractivity contribution in [3.63, 3.8) is 0 Å². The van der Waals surface area contributed by atoms with Gasteiger partial charge in [0, 0.05) is 4.70 Å². The van der Waals surface area contributed by atoms with Gasteiger partial charge in [-0.05, 0) is 47.9 Å². The molecule has 0 bridgehead atoms. The Labute approximate surface area is 155 Å². The van der Waals surface area contributed by atoms with Crippen LogP contribution in [0.1, 0.15) is 39.7 Å². The summed E-state index contributed by atoms with van der Waals surface area (Å²) in [6.45, 7) is -0.258. The fourth-order valence-corrected chi connectivity index (χ4v) is 4.38. The number of thiophene rings is 1. The minimum absolute atomic E-state index is 0.00419. The summed E-state index contributed by atoms with van der Waals surface area (Å²) in [5, 5.41) is 4.00. The Bertz CT molecular complexity index is 930. The minimum Gasteiger partial charge on any atom is -0.451 e. The van der Waals surface area contributed by atoms with Crippen LogP contribution in [-0.2, 0) is 16.0 Å². The van der Waals surface area contributed by atoms with E-state index in [4.69, 9.17) is 4.74 Å². The molecule has 0 saturated heterocycles. The van der Waals surface area contributed by atoms with E-state index in [2.05, 4.69) is 17.4 Å². The standard InChI is InChI=1S/C21H19NO3S/c23-20(22-17-10-5-8-14-6-1-3-9-16(14)17)13-25-21(24)19-12-15-7-2-4-11-18(15)26-19/h1-4,6-7,9,11-12,17H,5,8,10,13H2,(H,22,23)/t17-/m0/s1. The number of carbonyl (C=O) groups is 2. The lowest BCUT2D eigenvalue weighted by molar-refractivity contribution is -0.125. The molecule has 4 nitrogen and oxygen atoms in total. The molecule has 2 aromatic carbocycles. The highest BCUT2D eigenvalue weighted by Crippen LogP contribution is 2.29. The number of amides is 1. The Balaban J connectivity index is 1.36. The third-order valence-electron chi connectivity index (χ3n) is 4.67. The van der Waals surface area contributed by atoms with Crippen LogP contribution in [0.3, 0.4) is 0 Å². The Morgan fingerprint density at radius 3 is 2.81 bits per heavy atom. The van der Waals surface area contributed by atoms with E-state index in [1.165, 1.54) is 22.5 Å². The second kappa shape index (κ2) is 7.30. The van der Waals surface area contributed by atoms with E-state index in [-0.39, 0.29) is 18.6 Å². The number of aryl methyl sites for hydroxylation is 1. The van der Waals surface area contributed by atoms with Gasteiger partial charge in [-0.15, -0.1) is 11.3 Å². The van der Waals surface area contributed by atoms with Crippen molar-refractivity contribution in [3.05, 3.63) is 70.6 Å². The number of fused-ring (bicyclic) bond motifs is 2. The van der Waals surface area contributed by atoms with Crippen LogP contribution >= 0.6 is 11.3 Å². The van der Waals surface area contributed by atoms with E-state index in [0.29, 0.717) is 4.88 Å². The van der Waals surface area contributed by atoms with Gasteiger partial charge in [0.1, 0.15) is 4.88 Å². The Kier molecular flexibility index (Phi) is 4.71. The summed E-state index contributed by atoms with van der Waals surface area (Å²) in [5.41, 5.74) is 2.45. The van der Waals surface area contributed by atoms with E-state index in [1.54, 1.807) is 6.07 Å². The first kappa shape index (κ1) is 16.8. The topological polar surface area (TPSA) is 55.4 Å². The van der Waals surface area contributed by atoms with Gasteiger partial charge in [0.05, 0.1) is 6.04 Å². The second-order valence-corrected chi connectivity index (χ2v) is 7.52. The summed E-state index contributed by atoms with van der Waals surface area (Å²) in [6, 6.07) is 17.8. The summed E-state index contributed by atoms with van der Waals surface area (Å²) in [7, 11) is 0. The highest BCUT2D eigenvalue weighted by atomic mass is 32.1. The molecule has 26 heavy (non-hydrogen) atoms. The van der Waals surface area contributed by atoms with Crippen LogP contribution in [-0.4, -0.2) is 18.5 Å². The van der Waals surface area contributed by atoms with E-state index >= 15 is 0 Å². The number of nitrogens with one attached hydrogen (secondary N) is 1. The number of hydrogen-bond donors (Lipinski definition) is 1. The fourth-order valence-electron chi connectivity index (χ4n) is 3.42. The third-order valence-corrected chi connectivity index (χ3v) is 5.76. The van der Waals surface area contributed by atoms with Crippen LogP contribution in [0.25, 0.3) is 10.1 Å². The Morgan fingerprint density at radius 2 is 1.92 bits per heavy atom. The molecule has 1 heterocycles. The van der Waals surface area contributed by atoms with Gasteiger partial charge < -0.3 is 10.1 Å². The van der Waals surface area contributed by atoms with Gasteiger partial charge in [0.15, 0.2) is 6.61 Å². The lowest BCUT2D eigenvalue weighted by atomic mass is 9.88. The van der Waals surface area contributed by atoms with Crippen molar-refractivity contribution in [2.24, 2.45) is 0 Å². The molecule has 1 N–H and O–H groups in total. The normalized spacial score (nSPS) is 16.1. The number of carbonyl (C=O) groups excluding carboxylic acids is 2. The number of rotatable bonds is 4. The van der Waals surface area contributed by atoms with Crippen molar-refractivity contribution in [3.8, 4) is 0 Å². The predicted molar refractivity (Wildman–Crippen MR) is 102 cm³/mol. The van der Waals surface area contributed by atoms with Crippen LogP contribution < -0.4 is 5.32 Å². The number of esters is 1. The lowest BCUT2D eigenvalue weighted by Gasteiger charge is -2.26. The molecule has 1 aromatic heterocycles. The summed E-state index contributed by atoms with van der Waals surface area (Å²) in [4.78, 5) is 25.0. The van der Waals surface area contributed by atoms with Crippen LogP contribution in [0.15, 0.2) is 54.6 Å². The number of ether oxygens (including phenoxy) is 1. The molecule has 0 radical (unpaired) electrons. The fraction of sp³-hybridized carbons (Fsp3) is 0.238. The zero-order valence-electron chi connectivity index (χ0n) is 14.2. The van der Waals surface area contributed by atoms with Crippen molar-refractivity contribution in [1.29, 1.82) is 0 Å². The van der Waals surface area contributed by atoms with Crippen molar-refractivity contribution in [2.45, 2.75) is 25.3 Å². The van der Waals surface area contributed by atoms with Crippen molar-refractivity contribution in [1.82, 2.24) is 5.32 Å². The van der Waals surface area contributed by atoms with E-state index in [0.717, 1.165) is 29.3 Å². The molecule has 0 fully saturated rings. The molecule has 1 atom stereocenters. The molecule has 0 aliphatic heterocycles. The summed E-state index contributed by atoms with van der Waals surface area (Å²) >= 11 is 1.38. The summed E-state index contributed by atoms with van der Waals surface area (Å²) in [5.74, 6) is -0.716. The smallest absolute Gasteiger partial charge is 0.348 e. The molecule has 0 saturated carbocycles. The van der Waals surface area contributed by atoms with Crippen molar-refractivity contribution >= 4 is 33.3 Å². The molecule has 0 unspecified atom stereocenters. The van der Waals surface area contributed by atoms with Crippen LogP contribution in [0, 0.1) is 0 Å². The van der Waals surface area contributed by atoms with Gasteiger partial charge in [-0.2, -0.15) is 0 Å². The maximum Gasteiger partial charge on any atom is 0.348 e. The SMILES string of the molecule is O=C(COC(=O)c1cc2ccccc2s1)N[C@H]1CCCc2ccccc21. The second-order valence-electron chi connectivity index (χ2n) is 6.44. The number of hydrogen-bond acceptors (Lipinski definition) is 4. The van der Waals surface area contributed by atoms with Crippen molar-refractivity contribution < 1.29 is 14.3 Å². The van der Waals surface area contributed by atoms with Crippen LogP contribution in [0.2, 0.25) is 0 Å². The highest BCUT2D eigenvalue weighted by Gasteiger charge is 2.22. The molecule has 3 aromatic rings. The quantitative estimate of drug-likeness (QED) is 0.703. The predicted octanol–water partition coefficient (Wildman–Crippen LogP) is 4.25. The number of benzene rings is 2. The average Bonchev–Trinajstić information content (AvgIpc) is 3.11. The molecule has 1 amide bonds. The monoisotopic (exact) mass is 365 g/mol. The minimum atomic E-state index is -0.453. The highest BCUT2D eigenvalue weighted by molar-refractivity contribution is 7.20. The first-order valence-electron chi connectivity index (χ1n) is 8.73. The van der Waals surface area contributed by atoms with Gasteiger partial charge >= 0.3 is 5.97 Å². The zero-order chi connectivity index (χ0) is 17.9. The zero-order valence-corrected chi connectivity index (χ0v) is 15.1. The van der Waals surface area contributed by atoms with E-state index in [9.17, 15) is 9.59 Å². The maximum atomic E-state index is 12.2. The first-order valence-corrected chi connectivity index (χ1v) is 9.55. The largest absolute Gasteiger partial charge is 0.451 e. The molecule has 5 heteroatoms. The lowest BCUT2D eigenvalue weighted by Crippen LogP contribution is -2.34.